The van der Waals surface area contributed by atoms with Gasteiger partial charge in [0.15, 0.2) is 6.29 Å². The Morgan fingerprint density at radius 2 is 1.31 bits per heavy atom. The van der Waals surface area contributed by atoms with Gasteiger partial charge in [-0.05, 0) is 118 Å². The molecule has 1 aliphatic carbocycles. The van der Waals surface area contributed by atoms with Crippen molar-refractivity contribution in [3.05, 3.63) is 130 Å². The molecule has 7 atom stereocenters. The number of hydrogen-bond acceptors (Lipinski definition) is 8. The van der Waals surface area contributed by atoms with E-state index in [1.807, 2.05) is 27.7 Å². The van der Waals surface area contributed by atoms with Crippen LogP contribution in [0.5, 0.6) is 0 Å². The van der Waals surface area contributed by atoms with E-state index in [4.69, 9.17) is 14.2 Å². The van der Waals surface area contributed by atoms with E-state index in [1.54, 1.807) is 0 Å². The second kappa shape index (κ2) is 29.9. The molecule has 0 saturated carbocycles. The number of unbranched alkanes of at least 4 members (excludes halogenated alkanes) is 2. The molecule has 7 unspecified atom stereocenters. The Hall–Kier alpha value is -3.63. The first-order valence-corrected chi connectivity index (χ1v) is 24.4. The molecule has 1 saturated heterocycles. The smallest absolute Gasteiger partial charge is 0.311 e. The summed E-state index contributed by atoms with van der Waals surface area (Å²) >= 11 is 0. The molecule has 8 nitrogen and oxygen atoms in total. The van der Waals surface area contributed by atoms with E-state index < -0.39 is 54.3 Å². The summed E-state index contributed by atoms with van der Waals surface area (Å²) in [6.07, 6.45) is 34.5. The van der Waals surface area contributed by atoms with E-state index in [2.05, 4.69) is 147 Å². The molecule has 0 radical (unpaired) electrons. The molecule has 0 spiro atoms. The Morgan fingerprint density at radius 1 is 0.769 bits per heavy atom. The fourth-order valence-electron chi connectivity index (χ4n) is 8.11. The molecule has 0 aromatic heterocycles. The largest absolute Gasteiger partial charge is 0.463 e. The lowest BCUT2D eigenvalue weighted by molar-refractivity contribution is -0.324. The van der Waals surface area contributed by atoms with Crippen molar-refractivity contribution in [2.24, 2.45) is 11.3 Å². The number of aliphatic hydroxyl groups excluding tert-OH is 4. The van der Waals surface area contributed by atoms with Crippen molar-refractivity contribution in [3.63, 3.8) is 0 Å². The number of carbonyl (C=O) groups is 1. The molecule has 65 heavy (non-hydrogen) atoms. The van der Waals surface area contributed by atoms with Crippen LogP contribution in [0.4, 0.5) is 0 Å². The number of carbonyl (C=O) groups excluding carboxylic acids is 1. The molecule has 0 aromatic rings. The second-order valence-electron chi connectivity index (χ2n) is 19.7. The first-order chi connectivity index (χ1) is 30.7. The monoisotopic (exact) mass is 901 g/mol. The molecule has 1 aliphatic heterocycles. The van der Waals surface area contributed by atoms with Crippen LogP contribution in [0.25, 0.3) is 0 Å². The van der Waals surface area contributed by atoms with Crippen molar-refractivity contribution >= 4 is 5.97 Å². The Balaban J connectivity index is 1.84. The minimum absolute atomic E-state index is 0.256. The van der Waals surface area contributed by atoms with Crippen molar-refractivity contribution in [3.8, 4) is 0 Å². The second-order valence-corrected chi connectivity index (χ2v) is 19.7. The zero-order valence-electron chi connectivity index (χ0n) is 42.3. The molecular formula is C57H88O8. The third-order valence-corrected chi connectivity index (χ3v) is 12.4. The average molecular weight is 901 g/mol. The third kappa shape index (κ3) is 22.1. The van der Waals surface area contributed by atoms with Crippen LogP contribution in [0.2, 0.25) is 0 Å². The van der Waals surface area contributed by atoms with Gasteiger partial charge in [0.05, 0.1) is 17.6 Å². The number of esters is 1. The fraction of sp³-hybridized carbons (Fsp3) is 0.596. The fourth-order valence-corrected chi connectivity index (χ4v) is 8.11. The van der Waals surface area contributed by atoms with Gasteiger partial charge in [0, 0.05) is 0 Å². The van der Waals surface area contributed by atoms with E-state index in [1.165, 1.54) is 47.1 Å². The van der Waals surface area contributed by atoms with Crippen LogP contribution >= 0.6 is 0 Å². The summed E-state index contributed by atoms with van der Waals surface area (Å²) in [5, 5.41) is 42.8. The van der Waals surface area contributed by atoms with E-state index in [-0.39, 0.29) is 12.0 Å². The lowest BCUT2D eigenvalue weighted by Gasteiger charge is -2.43. The number of hydrogen-bond donors (Lipinski definition) is 4. The molecular weight excluding hydrogens is 813 g/mol. The molecule has 2 aliphatic rings. The van der Waals surface area contributed by atoms with Crippen molar-refractivity contribution in [2.75, 3.05) is 6.61 Å². The summed E-state index contributed by atoms with van der Waals surface area (Å²) in [6.45, 7) is 25.0. The van der Waals surface area contributed by atoms with Crippen LogP contribution in [-0.4, -0.2) is 75.4 Å². The Bertz CT molecular complexity index is 1810. The molecule has 0 aromatic carbocycles. The van der Waals surface area contributed by atoms with Gasteiger partial charge in [0.25, 0.3) is 0 Å². The van der Waals surface area contributed by atoms with Gasteiger partial charge < -0.3 is 34.6 Å². The Kier molecular flexibility index (Phi) is 26.4. The zero-order valence-corrected chi connectivity index (χ0v) is 42.3. The normalized spacial score (nSPS) is 24.4. The third-order valence-electron chi connectivity index (χ3n) is 12.4. The van der Waals surface area contributed by atoms with Gasteiger partial charge >= 0.3 is 5.97 Å². The summed E-state index contributed by atoms with van der Waals surface area (Å²) < 4.78 is 17.6. The SMILES string of the molecule is CCCCC(O)C(CCCC)C(=O)OCC1OC(OC(C)(C)CCCC(C)=CC=CC(C)=CC=CC(C)=CC=CC=C(C)C=CC=C(C)C=CC2=C(C)CCCC2(C)C)C(O)C(O)C1O. The topological polar surface area (TPSA) is 126 Å². The van der Waals surface area contributed by atoms with Crippen LogP contribution < -0.4 is 0 Å². The minimum atomic E-state index is -1.55. The highest BCUT2D eigenvalue weighted by Gasteiger charge is 2.46. The number of ether oxygens (including phenoxy) is 3. The van der Waals surface area contributed by atoms with Gasteiger partial charge in [-0.2, -0.15) is 0 Å². The quantitative estimate of drug-likeness (QED) is 0.0500. The molecule has 1 fully saturated rings. The van der Waals surface area contributed by atoms with Crippen LogP contribution in [0.15, 0.2) is 130 Å². The number of rotatable bonds is 26. The van der Waals surface area contributed by atoms with Crippen molar-refractivity contribution in [1.82, 2.24) is 0 Å². The summed E-state index contributed by atoms with van der Waals surface area (Å²) in [7, 11) is 0. The maximum Gasteiger partial charge on any atom is 0.311 e. The number of aliphatic hydroxyl groups is 4. The minimum Gasteiger partial charge on any atom is -0.463 e. The van der Waals surface area contributed by atoms with E-state index >= 15 is 0 Å². The van der Waals surface area contributed by atoms with E-state index in [0.717, 1.165) is 49.7 Å². The lowest BCUT2D eigenvalue weighted by atomic mass is 9.72. The van der Waals surface area contributed by atoms with E-state index in [9.17, 15) is 25.2 Å². The Morgan fingerprint density at radius 3 is 1.88 bits per heavy atom. The van der Waals surface area contributed by atoms with Gasteiger partial charge in [-0.3, -0.25) is 4.79 Å². The van der Waals surface area contributed by atoms with Gasteiger partial charge in [-0.1, -0.05) is 178 Å². The first kappa shape index (κ1) is 57.5. The van der Waals surface area contributed by atoms with Gasteiger partial charge in [0.1, 0.15) is 31.0 Å². The van der Waals surface area contributed by atoms with Crippen LogP contribution in [-0.2, 0) is 19.0 Å². The van der Waals surface area contributed by atoms with Crippen LogP contribution in [0.3, 0.4) is 0 Å². The highest BCUT2D eigenvalue weighted by molar-refractivity contribution is 5.73. The first-order valence-electron chi connectivity index (χ1n) is 24.4. The molecule has 1 heterocycles. The summed E-state index contributed by atoms with van der Waals surface area (Å²) in [6, 6.07) is 0. The lowest BCUT2D eigenvalue weighted by Crippen LogP contribution is -2.60. The predicted molar refractivity (Wildman–Crippen MR) is 270 cm³/mol. The molecule has 8 heteroatoms. The molecule has 364 valence electrons. The number of allylic oxidation sites excluding steroid dienone is 22. The summed E-state index contributed by atoms with van der Waals surface area (Å²) in [5.41, 5.74) is 8.47. The molecule has 4 N–H and O–H groups in total. The highest BCUT2D eigenvalue weighted by atomic mass is 16.7. The molecule has 0 amide bonds. The maximum absolute atomic E-state index is 13.0. The van der Waals surface area contributed by atoms with Crippen molar-refractivity contribution in [1.29, 1.82) is 0 Å². The highest BCUT2D eigenvalue weighted by Crippen LogP contribution is 2.41. The molecule has 2 rings (SSSR count). The van der Waals surface area contributed by atoms with E-state index in [0.29, 0.717) is 19.3 Å². The maximum atomic E-state index is 13.0. The van der Waals surface area contributed by atoms with Gasteiger partial charge in [-0.15, -0.1) is 0 Å². The standard InChI is InChI=1S/C57H88O8/c1-13-15-34-47(49(58)35-16-14-2)54(62)63-40-50-51(59)52(60)53(61)55(64-50)65-57(11,12)39-22-32-44(6)30-20-29-43(5)28-19-26-41(3)24-17-18-25-42(4)27-21-31-45(7)36-37-48-46(8)33-23-38-56(48,9)10/h17-21,24-31,36-37,47,49-53,55,58-61H,13-16,22-23,32-35,38-40H2,1-12H3. The van der Waals surface area contributed by atoms with Gasteiger partial charge in [0.2, 0.25) is 0 Å². The zero-order chi connectivity index (χ0) is 48.6. The summed E-state index contributed by atoms with van der Waals surface area (Å²) in [5.74, 6) is -1.23. The van der Waals surface area contributed by atoms with Crippen LogP contribution in [0.1, 0.15) is 160 Å². The Labute approximate surface area is 394 Å². The average Bonchev–Trinajstić information content (AvgIpc) is 3.23. The predicted octanol–water partition coefficient (Wildman–Crippen LogP) is 12.7. The molecule has 0 bridgehead atoms. The van der Waals surface area contributed by atoms with Crippen molar-refractivity contribution in [2.45, 2.75) is 203 Å². The van der Waals surface area contributed by atoms with Crippen LogP contribution in [0, 0.1) is 11.3 Å². The van der Waals surface area contributed by atoms with Gasteiger partial charge in [-0.25, -0.2) is 0 Å². The van der Waals surface area contributed by atoms with Crippen molar-refractivity contribution < 1.29 is 39.4 Å². The summed E-state index contributed by atoms with van der Waals surface area (Å²) in [4.78, 5) is 13.0.